The van der Waals surface area contributed by atoms with Gasteiger partial charge in [0.05, 0.1) is 13.2 Å². The molecule has 2 aliphatic rings. The third-order valence-corrected chi connectivity index (χ3v) is 5.63. The number of carbonyl (C=O) groups excluding carboxylic acids is 1. The number of rotatable bonds is 5. The number of aliphatic hydroxyl groups excluding tert-OH is 1. The van der Waals surface area contributed by atoms with Crippen molar-refractivity contribution in [1.82, 2.24) is 0 Å². The summed E-state index contributed by atoms with van der Waals surface area (Å²) in [5.74, 6) is -0.664. The third kappa shape index (κ3) is 6.17. The minimum absolute atomic E-state index is 0.0580. The first-order valence-corrected chi connectivity index (χ1v) is 11.1. The van der Waals surface area contributed by atoms with Gasteiger partial charge in [0.1, 0.15) is 41.5 Å². The highest BCUT2D eigenvalue weighted by Crippen LogP contribution is 2.34. The Morgan fingerprint density at radius 2 is 1.91 bits per heavy atom. The first kappa shape index (κ1) is 26.2. The van der Waals surface area contributed by atoms with Gasteiger partial charge in [-0.2, -0.15) is 0 Å². The second-order valence-electron chi connectivity index (χ2n) is 8.60. The van der Waals surface area contributed by atoms with E-state index in [9.17, 15) is 9.90 Å². The lowest BCUT2D eigenvalue weighted by Crippen LogP contribution is -2.35. The molecule has 0 radical (unpaired) electrons. The van der Waals surface area contributed by atoms with Crippen LogP contribution in [0.25, 0.3) is 6.08 Å². The summed E-state index contributed by atoms with van der Waals surface area (Å²) < 4.78 is 39.3. The highest BCUT2D eigenvalue weighted by Gasteiger charge is 2.43. The zero-order valence-corrected chi connectivity index (χ0v) is 20.5. The fourth-order valence-electron chi connectivity index (χ4n) is 4.03. The van der Waals surface area contributed by atoms with E-state index in [1.807, 2.05) is 6.08 Å². The second kappa shape index (κ2) is 11.3. The summed E-state index contributed by atoms with van der Waals surface area (Å²) in [6, 6.07) is 3.33. The molecule has 0 bridgehead atoms. The van der Waals surface area contributed by atoms with Crippen molar-refractivity contribution in [2.75, 3.05) is 28.1 Å². The van der Waals surface area contributed by atoms with Gasteiger partial charge in [-0.3, -0.25) is 0 Å². The number of methoxy groups -OCH3 is 3. The standard InChI is InChI=1S/C25H34O9/c1-15-19(30-6)11-10-18(26)23-20(33-25(2,3)34-23)9-7-8-16-12-17(29-5)13-21(31-14-28-4)22(16)24(27)32-15/h7-8,10-13,15,18-20,23,26H,9,14H2,1-6H3/b8-7+,11-10-/t15-,18?,19+,20-,23+/m0/s1. The van der Waals surface area contributed by atoms with Crippen molar-refractivity contribution < 1.29 is 43.1 Å². The number of carbonyl (C=O) groups is 1. The Bertz CT molecular complexity index is 908. The van der Waals surface area contributed by atoms with Gasteiger partial charge >= 0.3 is 5.97 Å². The van der Waals surface area contributed by atoms with Crippen LogP contribution in [0.4, 0.5) is 0 Å². The van der Waals surface area contributed by atoms with Gasteiger partial charge in [-0.15, -0.1) is 0 Å². The SMILES string of the molecule is COCOc1cc(OC)cc2c1C(=O)O[C@@H](C)[C@H](OC)/C=C\C(O)[C@H]1OC(C)(C)O[C@H]1C/C=C/2. The van der Waals surface area contributed by atoms with E-state index >= 15 is 0 Å². The van der Waals surface area contributed by atoms with Crippen LogP contribution in [-0.4, -0.2) is 75.5 Å². The molecule has 3 rings (SSSR count). The van der Waals surface area contributed by atoms with Crippen molar-refractivity contribution in [3.63, 3.8) is 0 Å². The second-order valence-corrected chi connectivity index (χ2v) is 8.60. The quantitative estimate of drug-likeness (QED) is 0.389. The minimum Gasteiger partial charge on any atom is -0.497 e. The summed E-state index contributed by atoms with van der Waals surface area (Å²) in [4.78, 5) is 13.3. The first-order chi connectivity index (χ1) is 16.2. The van der Waals surface area contributed by atoms with Crippen molar-refractivity contribution in [3.05, 3.63) is 41.5 Å². The van der Waals surface area contributed by atoms with E-state index < -0.39 is 42.3 Å². The Hall–Kier alpha value is -2.43. The van der Waals surface area contributed by atoms with Gasteiger partial charge in [-0.05, 0) is 38.8 Å². The number of cyclic esters (lactones) is 1. The molecule has 188 valence electrons. The third-order valence-electron chi connectivity index (χ3n) is 5.63. The number of fused-ring (bicyclic) bond motifs is 2. The molecule has 1 unspecified atom stereocenters. The van der Waals surface area contributed by atoms with Crippen molar-refractivity contribution in [3.8, 4) is 11.5 Å². The molecule has 1 N–H and O–H groups in total. The van der Waals surface area contributed by atoms with E-state index in [2.05, 4.69) is 0 Å². The fraction of sp³-hybridized carbons (Fsp3) is 0.560. The zero-order chi connectivity index (χ0) is 24.9. The smallest absolute Gasteiger partial charge is 0.342 e. The molecule has 0 amide bonds. The average molecular weight is 479 g/mol. The van der Waals surface area contributed by atoms with E-state index in [1.165, 1.54) is 21.3 Å². The normalized spacial score (nSPS) is 30.9. The Kier molecular flexibility index (Phi) is 8.72. The average Bonchev–Trinajstić information content (AvgIpc) is 3.11. The maximum absolute atomic E-state index is 13.3. The van der Waals surface area contributed by atoms with Gasteiger partial charge in [-0.25, -0.2) is 4.79 Å². The van der Waals surface area contributed by atoms with Crippen molar-refractivity contribution in [2.45, 2.75) is 63.5 Å². The fourth-order valence-corrected chi connectivity index (χ4v) is 4.03. The number of hydrogen-bond donors (Lipinski definition) is 1. The molecule has 1 aromatic carbocycles. The monoisotopic (exact) mass is 478 g/mol. The molecule has 34 heavy (non-hydrogen) atoms. The number of aliphatic hydroxyl groups is 1. The van der Waals surface area contributed by atoms with Gasteiger partial charge in [0, 0.05) is 20.3 Å². The van der Waals surface area contributed by atoms with Gasteiger partial charge in [0.15, 0.2) is 12.6 Å². The van der Waals surface area contributed by atoms with Crippen molar-refractivity contribution in [1.29, 1.82) is 0 Å². The molecule has 1 saturated heterocycles. The maximum atomic E-state index is 13.3. The number of ether oxygens (including phenoxy) is 7. The molecule has 9 heteroatoms. The minimum atomic E-state index is -0.940. The number of esters is 1. The molecule has 0 aromatic heterocycles. The van der Waals surface area contributed by atoms with Crippen molar-refractivity contribution in [2.24, 2.45) is 0 Å². The highest BCUT2D eigenvalue weighted by molar-refractivity contribution is 5.97. The summed E-state index contributed by atoms with van der Waals surface area (Å²) >= 11 is 0. The summed E-state index contributed by atoms with van der Waals surface area (Å²) in [5.41, 5.74) is 0.775. The first-order valence-electron chi connectivity index (χ1n) is 11.1. The van der Waals surface area contributed by atoms with Crippen LogP contribution in [0.1, 0.15) is 43.1 Å². The Morgan fingerprint density at radius 3 is 2.59 bits per heavy atom. The molecule has 9 nitrogen and oxygen atoms in total. The molecule has 0 saturated carbocycles. The molecular formula is C25H34O9. The van der Waals surface area contributed by atoms with Gasteiger partial charge in [0.2, 0.25) is 0 Å². The van der Waals surface area contributed by atoms with E-state index in [-0.39, 0.29) is 18.1 Å². The molecule has 5 atom stereocenters. The largest absolute Gasteiger partial charge is 0.497 e. The van der Waals surface area contributed by atoms with Gasteiger partial charge < -0.3 is 38.3 Å². The summed E-state index contributed by atoms with van der Waals surface area (Å²) in [6.45, 7) is 5.27. The van der Waals surface area contributed by atoms with Crippen molar-refractivity contribution >= 4 is 12.0 Å². The van der Waals surface area contributed by atoms with Crippen LogP contribution in [0.5, 0.6) is 11.5 Å². The Morgan fingerprint density at radius 1 is 1.15 bits per heavy atom. The van der Waals surface area contributed by atoms with Gasteiger partial charge in [0.25, 0.3) is 0 Å². The lowest BCUT2D eigenvalue weighted by molar-refractivity contribution is -0.152. The van der Waals surface area contributed by atoms with E-state index in [0.29, 0.717) is 17.7 Å². The van der Waals surface area contributed by atoms with Crippen LogP contribution >= 0.6 is 0 Å². The van der Waals surface area contributed by atoms with E-state index in [0.717, 1.165) is 0 Å². The molecule has 2 heterocycles. The van der Waals surface area contributed by atoms with E-state index in [1.54, 1.807) is 51.1 Å². The predicted molar refractivity (Wildman–Crippen MR) is 124 cm³/mol. The molecular weight excluding hydrogens is 444 g/mol. The van der Waals surface area contributed by atoms with Crippen LogP contribution in [0, 0.1) is 0 Å². The van der Waals surface area contributed by atoms with Crippen LogP contribution in [0.2, 0.25) is 0 Å². The number of benzene rings is 1. The summed E-state index contributed by atoms with van der Waals surface area (Å²) in [7, 11) is 4.53. The van der Waals surface area contributed by atoms with Crippen LogP contribution < -0.4 is 9.47 Å². The Labute approximate surface area is 200 Å². The van der Waals surface area contributed by atoms with Crippen LogP contribution in [-0.2, 0) is 23.7 Å². The lowest BCUT2D eigenvalue weighted by atomic mass is 10.0. The molecule has 2 aliphatic heterocycles. The topological polar surface area (TPSA) is 102 Å². The highest BCUT2D eigenvalue weighted by atomic mass is 16.8. The summed E-state index contributed by atoms with van der Waals surface area (Å²) in [6.07, 6.45) is 4.12. The van der Waals surface area contributed by atoms with Crippen LogP contribution in [0.3, 0.4) is 0 Å². The molecule has 1 aromatic rings. The Balaban J connectivity index is 2.08. The van der Waals surface area contributed by atoms with Gasteiger partial charge in [-0.1, -0.05) is 24.3 Å². The van der Waals surface area contributed by atoms with E-state index in [4.69, 9.17) is 33.2 Å². The molecule has 0 spiro atoms. The predicted octanol–water partition coefficient (Wildman–Crippen LogP) is 3.09. The number of hydrogen-bond acceptors (Lipinski definition) is 9. The maximum Gasteiger partial charge on any atom is 0.342 e. The van der Waals surface area contributed by atoms with Crippen LogP contribution in [0.15, 0.2) is 30.4 Å². The molecule has 1 fully saturated rings. The summed E-state index contributed by atoms with van der Waals surface area (Å²) in [5, 5.41) is 10.8. The molecule has 0 aliphatic carbocycles. The zero-order valence-electron chi connectivity index (χ0n) is 20.5. The lowest BCUT2D eigenvalue weighted by Gasteiger charge is -2.24.